The molecule has 0 aliphatic heterocycles. The Morgan fingerprint density at radius 1 is 1.25 bits per heavy atom. The molecular formula is C15H10BrNO3. The van der Waals surface area contributed by atoms with Crippen molar-refractivity contribution in [1.29, 1.82) is 5.26 Å². The van der Waals surface area contributed by atoms with Gasteiger partial charge in [0.15, 0.2) is 0 Å². The van der Waals surface area contributed by atoms with Crippen molar-refractivity contribution in [2.45, 2.75) is 6.61 Å². The van der Waals surface area contributed by atoms with E-state index in [1.54, 1.807) is 36.4 Å². The Balaban J connectivity index is 2.14. The van der Waals surface area contributed by atoms with E-state index < -0.39 is 5.97 Å². The van der Waals surface area contributed by atoms with Crippen molar-refractivity contribution >= 4 is 21.9 Å². The van der Waals surface area contributed by atoms with Gasteiger partial charge in [0.1, 0.15) is 17.9 Å². The maximum absolute atomic E-state index is 11.1. The van der Waals surface area contributed by atoms with Gasteiger partial charge in [0.2, 0.25) is 0 Å². The normalized spacial score (nSPS) is 9.80. The molecule has 0 aromatic heterocycles. The molecule has 0 spiro atoms. The zero-order chi connectivity index (χ0) is 14.5. The Kier molecular flexibility index (Phi) is 4.38. The smallest absolute Gasteiger partial charge is 0.339 e. The van der Waals surface area contributed by atoms with Gasteiger partial charge in [-0.3, -0.25) is 0 Å². The minimum Gasteiger partial charge on any atom is -0.488 e. The first-order valence-corrected chi connectivity index (χ1v) is 6.54. The van der Waals surface area contributed by atoms with Gasteiger partial charge in [0.25, 0.3) is 0 Å². The second-order valence-electron chi connectivity index (χ2n) is 4.04. The lowest BCUT2D eigenvalue weighted by atomic mass is 10.1. The summed E-state index contributed by atoms with van der Waals surface area (Å²) in [4.78, 5) is 11.1. The van der Waals surface area contributed by atoms with Crippen LogP contribution in [-0.4, -0.2) is 11.1 Å². The molecule has 0 saturated carbocycles. The number of benzene rings is 2. The Morgan fingerprint density at radius 3 is 2.55 bits per heavy atom. The van der Waals surface area contributed by atoms with Crippen LogP contribution in [0.5, 0.6) is 5.75 Å². The van der Waals surface area contributed by atoms with E-state index in [0.717, 1.165) is 5.56 Å². The molecule has 2 aromatic rings. The third-order valence-corrected chi connectivity index (χ3v) is 3.14. The van der Waals surface area contributed by atoms with Gasteiger partial charge < -0.3 is 9.84 Å². The number of nitrogens with zero attached hydrogens (tertiary/aromatic N) is 1. The highest BCUT2D eigenvalue weighted by Gasteiger charge is 2.11. The van der Waals surface area contributed by atoms with E-state index in [1.165, 1.54) is 6.07 Å². The standard InChI is InChI=1S/C15H10BrNO3/c16-12-5-6-14(13(7-12)15(18)19)20-9-11-3-1-10(8-17)2-4-11/h1-7H,9H2,(H,18,19). The predicted molar refractivity (Wildman–Crippen MR) is 76.6 cm³/mol. The Bertz CT molecular complexity index is 675. The molecule has 20 heavy (non-hydrogen) atoms. The van der Waals surface area contributed by atoms with Gasteiger partial charge in [0, 0.05) is 4.47 Å². The summed E-state index contributed by atoms with van der Waals surface area (Å²) < 4.78 is 6.21. The maximum Gasteiger partial charge on any atom is 0.339 e. The predicted octanol–water partition coefficient (Wildman–Crippen LogP) is 3.60. The molecular weight excluding hydrogens is 322 g/mol. The largest absolute Gasteiger partial charge is 0.488 e. The maximum atomic E-state index is 11.1. The highest BCUT2D eigenvalue weighted by atomic mass is 79.9. The van der Waals surface area contributed by atoms with Gasteiger partial charge in [-0.1, -0.05) is 28.1 Å². The molecule has 0 atom stereocenters. The molecule has 0 fully saturated rings. The molecule has 0 aliphatic carbocycles. The number of hydrogen-bond acceptors (Lipinski definition) is 3. The molecule has 0 bridgehead atoms. The molecule has 5 heteroatoms. The van der Waals surface area contributed by atoms with E-state index in [-0.39, 0.29) is 12.2 Å². The van der Waals surface area contributed by atoms with Gasteiger partial charge in [0.05, 0.1) is 11.6 Å². The molecule has 0 saturated heterocycles. The van der Waals surface area contributed by atoms with Gasteiger partial charge in [-0.05, 0) is 35.9 Å². The lowest BCUT2D eigenvalue weighted by Gasteiger charge is -2.09. The van der Waals surface area contributed by atoms with Crippen molar-refractivity contribution in [3.8, 4) is 11.8 Å². The lowest BCUT2D eigenvalue weighted by Crippen LogP contribution is -2.03. The van der Waals surface area contributed by atoms with Crippen LogP contribution in [0, 0.1) is 11.3 Å². The third-order valence-electron chi connectivity index (χ3n) is 2.65. The van der Waals surface area contributed by atoms with Gasteiger partial charge in [-0.25, -0.2) is 4.79 Å². The van der Waals surface area contributed by atoms with Crippen molar-refractivity contribution in [2.75, 3.05) is 0 Å². The first-order valence-electron chi connectivity index (χ1n) is 5.75. The molecule has 0 amide bonds. The number of halogens is 1. The van der Waals surface area contributed by atoms with Crippen molar-refractivity contribution in [3.05, 3.63) is 63.6 Å². The van der Waals surface area contributed by atoms with E-state index in [4.69, 9.17) is 15.1 Å². The number of ether oxygens (including phenoxy) is 1. The number of nitriles is 1. The van der Waals surface area contributed by atoms with Crippen molar-refractivity contribution in [3.63, 3.8) is 0 Å². The molecule has 2 rings (SSSR count). The first-order chi connectivity index (χ1) is 9.60. The highest BCUT2D eigenvalue weighted by molar-refractivity contribution is 9.10. The quantitative estimate of drug-likeness (QED) is 0.929. The average Bonchev–Trinajstić information content (AvgIpc) is 2.46. The minimum absolute atomic E-state index is 0.105. The summed E-state index contributed by atoms with van der Waals surface area (Å²) in [6.07, 6.45) is 0. The highest BCUT2D eigenvalue weighted by Crippen LogP contribution is 2.24. The van der Waals surface area contributed by atoms with E-state index in [0.29, 0.717) is 15.8 Å². The van der Waals surface area contributed by atoms with Crippen LogP contribution < -0.4 is 4.74 Å². The van der Waals surface area contributed by atoms with E-state index in [9.17, 15) is 4.79 Å². The summed E-state index contributed by atoms with van der Waals surface area (Å²) in [5.74, 6) is -0.730. The number of carboxylic acids is 1. The summed E-state index contributed by atoms with van der Waals surface area (Å²) in [6.45, 7) is 0.244. The molecule has 2 aromatic carbocycles. The average molecular weight is 332 g/mol. The summed E-state index contributed by atoms with van der Waals surface area (Å²) in [5, 5.41) is 17.8. The van der Waals surface area contributed by atoms with Gasteiger partial charge in [-0.15, -0.1) is 0 Å². The Morgan fingerprint density at radius 2 is 1.95 bits per heavy atom. The lowest BCUT2D eigenvalue weighted by molar-refractivity contribution is 0.0691. The third kappa shape index (κ3) is 3.37. The van der Waals surface area contributed by atoms with Crippen molar-refractivity contribution in [1.82, 2.24) is 0 Å². The molecule has 0 heterocycles. The summed E-state index contributed by atoms with van der Waals surface area (Å²) in [7, 11) is 0. The Hall–Kier alpha value is -2.32. The molecule has 100 valence electrons. The van der Waals surface area contributed by atoms with Crippen LogP contribution in [0.2, 0.25) is 0 Å². The number of aromatic carboxylic acids is 1. The summed E-state index contributed by atoms with van der Waals surface area (Å²) in [6, 6.07) is 13.8. The molecule has 0 aliphatic rings. The fraction of sp³-hybridized carbons (Fsp3) is 0.0667. The number of carboxylic acid groups (broad SMARTS) is 1. The fourth-order valence-corrected chi connectivity index (χ4v) is 1.99. The summed E-state index contributed by atoms with van der Waals surface area (Å²) in [5.41, 5.74) is 1.54. The van der Waals surface area contributed by atoms with Crippen LogP contribution in [-0.2, 0) is 6.61 Å². The van der Waals surface area contributed by atoms with Crippen LogP contribution >= 0.6 is 15.9 Å². The van der Waals surface area contributed by atoms with Crippen LogP contribution in [0.4, 0.5) is 0 Å². The van der Waals surface area contributed by atoms with Gasteiger partial charge >= 0.3 is 5.97 Å². The molecule has 0 radical (unpaired) electrons. The SMILES string of the molecule is N#Cc1ccc(COc2ccc(Br)cc2C(=O)O)cc1. The second kappa shape index (κ2) is 6.22. The number of rotatable bonds is 4. The molecule has 4 nitrogen and oxygen atoms in total. The van der Waals surface area contributed by atoms with E-state index in [2.05, 4.69) is 15.9 Å². The topological polar surface area (TPSA) is 70.3 Å². The zero-order valence-corrected chi connectivity index (χ0v) is 11.9. The van der Waals surface area contributed by atoms with Crippen molar-refractivity contribution < 1.29 is 14.6 Å². The van der Waals surface area contributed by atoms with Crippen LogP contribution in [0.15, 0.2) is 46.9 Å². The molecule has 1 N–H and O–H groups in total. The number of hydrogen-bond donors (Lipinski definition) is 1. The number of carbonyl (C=O) groups is 1. The van der Waals surface area contributed by atoms with Crippen LogP contribution in [0.3, 0.4) is 0 Å². The fourth-order valence-electron chi connectivity index (χ4n) is 1.63. The van der Waals surface area contributed by atoms with E-state index >= 15 is 0 Å². The monoisotopic (exact) mass is 331 g/mol. The molecule has 0 unspecified atom stereocenters. The summed E-state index contributed by atoms with van der Waals surface area (Å²) >= 11 is 3.23. The zero-order valence-electron chi connectivity index (χ0n) is 10.3. The van der Waals surface area contributed by atoms with Gasteiger partial charge in [-0.2, -0.15) is 5.26 Å². The van der Waals surface area contributed by atoms with Crippen LogP contribution in [0.25, 0.3) is 0 Å². The van der Waals surface area contributed by atoms with Crippen LogP contribution in [0.1, 0.15) is 21.5 Å². The van der Waals surface area contributed by atoms with Crippen molar-refractivity contribution in [2.24, 2.45) is 0 Å². The first kappa shape index (κ1) is 14.1. The van der Waals surface area contributed by atoms with E-state index in [1.807, 2.05) is 6.07 Å². The minimum atomic E-state index is -1.04. The Labute approximate surface area is 124 Å². The second-order valence-corrected chi connectivity index (χ2v) is 4.96.